The van der Waals surface area contributed by atoms with Crippen molar-refractivity contribution in [2.75, 3.05) is 25.0 Å². The summed E-state index contributed by atoms with van der Waals surface area (Å²) >= 11 is 5.82. The molecule has 2 aromatic carbocycles. The van der Waals surface area contributed by atoms with Crippen molar-refractivity contribution in [2.45, 2.75) is 33.2 Å². The molecule has 0 spiro atoms. The van der Waals surface area contributed by atoms with E-state index in [1.165, 1.54) is 5.56 Å². The van der Waals surface area contributed by atoms with Crippen LogP contribution in [0.2, 0.25) is 5.02 Å². The van der Waals surface area contributed by atoms with E-state index in [9.17, 15) is 9.59 Å². The number of benzene rings is 2. The second kappa shape index (κ2) is 11.5. The van der Waals surface area contributed by atoms with Crippen LogP contribution in [0.4, 0.5) is 5.69 Å². The zero-order valence-corrected chi connectivity index (χ0v) is 17.3. The Bertz CT molecular complexity index is 774. The molecule has 0 aliphatic rings. The summed E-state index contributed by atoms with van der Waals surface area (Å²) in [7, 11) is 0. The zero-order chi connectivity index (χ0) is 20.4. The Hall–Kier alpha value is -2.37. The summed E-state index contributed by atoms with van der Waals surface area (Å²) in [6, 6.07) is 14.6. The van der Waals surface area contributed by atoms with Crippen LogP contribution in [0, 0.1) is 0 Å². The number of anilines is 1. The summed E-state index contributed by atoms with van der Waals surface area (Å²) in [5.41, 5.74) is 2.54. The third kappa shape index (κ3) is 7.33. The maximum atomic E-state index is 12.2. The number of halogens is 1. The summed E-state index contributed by atoms with van der Waals surface area (Å²) in [4.78, 5) is 26.5. The van der Waals surface area contributed by atoms with Crippen LogP contribution >= 0.6 is 11.6 Å². The first kappa shape index (κ1) is 21.9. The highest BCUT2D eigenvalue weighted by atomic mass is 35.5. The molecule has 0 fully saturated rings. The number of carbonyl (C=O) groups excluding carboxylic acids is 2. The van der Waals surface area contributed by atoms with Crippen LogP contribution in [-0.2, 0) is 11.3 Å². The predicted molar refractivity (Wildman–Crippen MR) is 115 cm³/mol. The second-order valence-corrected chi connectivity index (χ2v) is 7.01. The maximum Gasteiger partial charge on any atom is 0.251 e. The maximum absolute atomic E-state index is 12.2. The molecule has 5 nitrogen and oxygen atoms in total. The van der Waals surface area contributed by atoms with Gasteiger partial charge in [-0.1, -0.05) is 37.6 Å². The van der Waals surface area contributed by atoms with Crippen molar-refractivity contribution in [1.82, 2.24) is 10.2 Å². The molecule has 0 heterocycles. The molecule has 2 rings (SSSR count). The van der Waals surface area contributed by atoms with E-state index in [0.717, 1.165) is 25.3 Å². The fourth-order valence-electron chi connectivity index (χ4n) is 2.83. The van der Waals surface area contributed by atoms with Crippen molar-refractivity contribution >= 4 is 29.1 Å². The molecule has 0 aliphatic heterocycles. The van der Waals surface area contributed by atoms with Gasteiger partial charge in [0.2, 0.25) is 5.91 Å². The smallest absolute Gasteiger partial charge is 0.251 e. The Kier molecular flexibility index (Phi) is 8.98. The summed E-state index contributed by atoms with van der Waals surface area (Å²) in [5.74, 6) is -0.220. The fourth-order valence-corrected chi connectivity index (χ4v) is 2.96. The van der Waals surface area contributed by atoms with Gasteiger partial charge < -0.3 is 10.6 Å². The Morgan fingerprint density at radius 2 is 1.75 bits per heavy atom. The minimum Gasteiger partial charge on any atom is -0.352 e. The van der Waals surface area contributed by atoms with E-state index in [2.05, 4.69) is 35.4 Å². The first-order valence-electron chi connectivity index (χ1n) is 9.66. The van der Waals surface area contributed by atoms with Gasteiger partial charge in [-0.05, 0) is 61.5 Å². The number of nitrogens with zero attached hydrogens (tertiary/aromatic N) is 1. The molecule has 0 aromatic heterocycles. The van der Waals surface area contributed by atoms with Crippen LogP contribution in [-0.4, -0.2) is 36.3 Å². The zero-order valence-electron chi connectivity index (χ0n) is 16.5. The minimum absolute atomic E-state index is 0.0549. The molecular formula is C22H28ClN3O2. The number of amides is 2. The average molecular weight is 402 g/mol. The van der Waals surface area contributed by atoms with Crippen molar-refractivity contribution in [3.8, 4) is 0 Å². The van der Waals surface area contributed by atoms with Crippen molar-refractivity contribution in [2.24, 2.45) is 0 Å². The lowest BCUT2D eigenvalue weighted by atomic mass is 10.1. The Balaban J connectivity index is 1.73. The van der Waals surface area contributed by atoms with Crippen LogP contribution < -0.4 is 10.6 Å². The van der Waals surface area contributed by atoms with Crippen LogP contribution in [0.1, 0.15) is 42.6 Å². The number of nitrogens with one attached hydrogen (secondary N) is 2. The lowest BCUT2D eigenvalue weighted by Gasteiger charge is -2.18. The quantitative estimate of drug-likeness (QED) is 0.582. The first-order chi connectivity index (χ1) is 13.5. The standard InChI is InChI=1S/C22H28ClN3O2/c1-3-26(4-2)16-17-7-5-8-20(15-17)25-21(27)9-6-14-24-22(28)18-10-12-19(23)13-11-18/h5,7-8,10-13,15H,3-4,6,9,14,16H2,1-2H3,(H,24,28)(H,25,27). The molecule has 0 radical (unpaired) electrons. The lowest BCUT2D eigenvalue weighted by molar-refractivity contribution is -0.116. The van der Waals surface area contributed by atoms with Crippen molar-refractivity contribution < 1.29 is 9.59 Å². The highest BCUT2D eigenvalue weighted by Gasteiger charge is 2.07. The Morgan fingerprint density at radius 3 is 2.43 bits per heavy atom. The van der Waals surface area contributed by atoms with E-state index >= 15 is 0 Å². The normalized spacial score (nSPS) is 10.7. The largest absolute Gasteiger partial charge is 0.352 e. The molecule has 0 aliphatic carbocycles. The summed E-state index contributed by atoms with van der Waals surface area (Å²) in [5, 5.41) is 6.34. The highest BCUT2D eigenvalue weighted by molar-refractivity contribution is 6.30. The highest BCUT2D eigenvalue weighted by Crippen LogP contribution is 2.13. The monoisotopic (exact) mass is 401 g/mol. The van der Waals surface area contributed by atoms with E-state index in [1.807, 2.05) is 18.2 Å². The van der Waals surface area contributed by atoms with Gasteiger partial charge in [0, 0.05) is 35.8 Å². The predicted octanol–water partition coefficient (Wildman–Crippen LogP) is 4.33. The van der Waals surface area contributed by atoms with Gasteiger partial charge in [-0.25, -0.2) is 0 Å². The molecule has 0 saturated heterocycles. The Morgan fingerprint density at radius 1 is 1.04 bits per heavy atom. The van der Waals surface area contributed by atoms with Crippen molar-refractivity contribution in [1.29, 1.82) is 0 Å². The third-order valence-corrected chi connectivity index (χ3v) is 4.74. The van der Waals surface area contributed by atoms with Gasteiger partial charge in [0.05, 0.1) is 0 Å². The molecule has 28 heavy (non-hydrogen) atoms. The third-order valence-electron chi connectivity index (χ3n) is 4.48. The van der Waals surface area contributed by atoms with Gasteiger partial charge in [-0.15, -0.1) is 0 Å². The van der Waals surface area contributed by atoms with E-state index in [4.69, 9.17) is 11.6 Å². The van der Waals surface area contributed by atoms with Crippen LogP contribution in [0.15, 0.2) is 48.5 Å². The molecule has 2 aromatic rings. The molecule has 6 heteroatoms. The topological polar surface area (TPSA) is 61.4 Å². The van der Waals surface area contributed by atoms with Gasteiger partial charge in [0.1, 0.15) is 0 Å². The number of rotatable bonds is 10. The summed E-state index contributed by atoms with van der Waals surface area (Å²) in [6.07, 6.45) is 0.922. The number of hydrogen-bond donors (Lipinski definition) is 2. The van der Waals surface area contributed by atoms with E-state index in [1.54, 1.807) is 24.3 Å². The Labute approximate surface area is 172 Å². The molecule has 0 bridgehead atoms. The SMILES string of the molecule is CCN(CC)Cc1cccc(NC(=O)CCCNC(=O)c2ccc(Cl)cc2)c1. The van der Waals surface area contributed by atoms with Gasteiger partial charge in [-0.3, -0.25) is 14.5 Å². The van der Waals surface area contributed by atoms with Crippen molar-refractivity contribution in [3.05, 3.63) is 64.7 Å². The molecule has 2 N–H and O–H groups in total. The van der Waals surface area contributed by atoms with Gasteiger partial charge in [0.25, 0.3) is 5.91 Å². The summed E-state index contributed by atoms with van der Waals surface area (Å²) < 4.78 is 0. The van der Waals surface area contributed by atoms with E-state index < -0.39 is 0 Å². The number of carbonyl (C=O) groups is 2. The molecule has 0 unspecified atom stereocenters. The fraction of sp³-hybridized carbons (Fsp3) is 0.364. The van der Waals surface area contributed by atoms with Crippen LogP contribution in [0.3, 0.4) is 0 Å². The lowest BCUT2D eigenvalue weighted by Crippen LogP contribution is -2.25. The first-order valence-corrected chi connectivity index (χ1v) is 10.0. The van der Waals surface area contributed by atoms with Gasteiger partial charge in [0.15, 0.2) is 0 Å². The summed E-state index contributed by atoms with van der Waals surface area (Å²) in [6.45, 7) is 7.58. The molecule has 0 atom stereocenters. The minimum atomic E-state index is -0.166. The molecule has 0 saturated carbocycles. The van der Waals surface area contributed by atoms with Crippen molar-refractivity contribution in [3.63, 3.8) is 0 Å². The van der Waals surface area contributed by atoms with E-state index in [-0.39, 0.29) is 11.8 Å². The molecule has 2 amide bonds. The average Bonchev–Trinajstić information content (AvgIpc) is 2.70. The van der Waals surface area contributed by atoms with Crippen LogP contribution in [0.25, 0.3) is 0 Å². The van der Waals surface area contributed by atoms with Gasteiger partial charge >= 0.3 is 0 Å². The molecular weight excluding hydrogens is 374 g/mol. The van der Waals surface area contributed by atoms with Gasteiger partial charge in [-0.2, -0.15) is 0 Å². The van der Waals surface area contributed by atoms with E-state index in [0.29, 0.717) is 30.0 Å². The van der Waals surface area contributed by atoms with Crippen LogP contribution in [0.5, 0.6) is 0 Å². The number of hydrogen-bond acceptors (Lipinski definition) is 3. The second-order valence-electron chi connectivity index (χ2n) is 6.58. The molecule has 150 valence electrons.